The van der Waals surface area contributed by atoms with Crippen LogP contribution in [0.15, 0.2) is 36.4 Å². The largest absolute Gasteiger partial charge is 0.496 e. The van der Waals surface area contributed by atoms with E-state index in [-0.39, 0.29) is 28.8 Å². The maximum atomic E-state index is 13.7. The fraction of sp³-hybridized carbons (Fsp3) is 0.414. The summed E-state index contributed by atoms with van der Waals surface area (Å²) in [6.07, 6.45) is 8.14. The normalized spacial score (nSPS) is 18.6. The Morgan fingerprint density at radius 3 is 1.47 bits per heavy atom. The van der Waals surface area contributed by atoms with Gasteiger partial charge in [0.15, 0.2) is 0 Å². The highest BCUT2D eigenvalue weighted by molar-refractivity contribution is 5.93. The van der Waals surface area contributed by atoms with Gasteiger partial charge in [0.1, 0.15) is 40.0 Å². The summed E-state index contributed by atoms with van der Waals surface area (Å²) >= 11 is 0. The van der Waals surface area contributed by atoms with Crippen molar-refractivity contribution in [2.45, 2.75) is 64.6 Å². The fourth-order valence-electron chi connectivity index (χ4n) is 4.56. The highest BCUT2D eigenvalue weighted by Gasteiger charge is 2.31. The molecule has 5 nitrogen and oxygen atoms in total. The number of rotatable bonds is 6. The van der Waals surface area contributed by atoms with Gasteiger partial charge in [-0.25, -0.2) is 0 Å². The van der Waals surface area contributed by atoms with Crippen LogP contribution in [0.2, 0.25) is 0 Å². The molecule has 2 heterocycles. The van der Waals surface area contributed by atoms with Gasteiger partial charge in [0.05, 0.1) is 14.2 Å². The van der Waals surface area contributed by atoms with Crippen molar-refractivity contribution in [3.63, 3.8) is 0 Å². The van der Waals surface area contributed by atoms with Gasteiger partial charge in [0.2, 0.25) is 0 Å². The smallest absolute Gasteiger partial charge is 0.147 e. The first-order valence-electron chi connectivity index (χ1n) is 11.7. The molecule has 2 atom stereocenters. The van der Waals surface area contributed by atoms with E-state index in [1.54, 1.807) is 14.2 Å². The molecule has 0 spiro atoms. The lowest BCUT2D eigenvalue weighted by molar-refractivity contribution is -0.121. The van der Waals surface area contributed by atoms with Crippen LogP contribution in [0.3, 0.4) is 0 Å². The van der Waals surface area contributed by atoms with Gasteiger partial charge in [-0.15, -0.1) is 0 Å². The second-order valence-electron chi connectivity index (χ2n) is 10.2. The van der Waals surface area contributed by atoms with E-state index in [0.29, 0.717) is 11.5 Å². The molecule has 2 aromatic carbocycles. The highest BCUT2D eigenvalue weighted by atomic mass is 16.5. The second kappa shape index (κ2) is 8.53. The van der Waals surface area contributed by atoms with Crippen LogP contribution in [0, 0.1) is 0 Å². The molecule has 0 fully saturated rings. The Morgan fingerprint density at radius 2 is 1.12 bits per heavy atom. The lowest BCUT2D eigenvalue weighted by atomic mass is 9.83. The lowest BCUT2D eigenvalue weighted by Gasteiger charge is -2.30. The molecule has 0 bridgehead atoms. The maximum Gasteiger partial charge on any atom is 0.147 e. The first-order chi connectivity index (χ1) is 15.9. The molecule has 0 unspecified atom stereocenters. The SMILES string of the molecule is COc1cc2c(cc1[C@@H](C)C(=O)[C@H](C)c1cc3c(cc1OC)OC(C)(C)C=C3)C=CC(C)(C)O2. The average Bonchev–Trinajstić information content (AvgIpc) is 2.79. The van der Waals surface area contributed by atoms with Crippen molar-refractivity contribution < 1.29 is 23.7 Å². The van der Waals surface area contributed by atoms with Gasteiger partial charge in [0, 0.05) is 46.2 Å². The Morgan fingerprint density at radius 1 is 0.735 bits per heavy atom. The number of fused-ring (bicyclic) bond motifs is 2. The summed E-state index contributed by atoms with van der Waals surface area (Å²) in [4.78, 5) is 13.7. The van der Waals surface area contributed by atoms with Gasteiger partial charge in [0.25, 0.3) is 0 Å². The zero-order valence-electron chi connectivity index (χ0n) is 21.3. The average molecular weight is 463 g/mol. The predicted molar refractivity (Wildman–Crippen MR) is 135 cm³/mol. The second-order valence-corrected chi connectivity index (χ2v) is 10.2. The van der Waals surface area contributed by atoms with E-state index in [9.17, 15) is 4.79 Å². The Kier molecular flexibility index (Phi) is 6.01. The van der Waals surface area contributed by atoms with Crippen LogP contribution < -0.4 is 18.9 Å². The van der Waals surface area contributed by atoms with E-state index in [1.807, 2.05) is 90.1 Å². The molecule has 0 N–H and O–H groups in total. The summed E-state index contributed by atoms with van der Waals surface area (Å²) in [5, 5.41) is 0. The molecule has 0 aliphatic carbocycles. The van der Waals surface area contributed by atoms with Crippen LogP contribution in [-0.2, 0) is 4.79 Å². The summed E-state index contributed by atoms with van der Waals surface area (Å²) in [6, 6.07) is 7.76. The van der Waals surface area contributed by atoms with Gasteiger partial charge >= 0.3 is 0 Å². The first-order valence-corrected chi connectivity index (χ1v) is 11.7. The third-order valence-electron chi connectivity index (χ3n) is 6.59. The predicted octanol–water partition coefficient (Wildman–Crippen LogP) is 6.55. The Hall–Kier alpha value is -3.21. The van der Waals surface area contributed by atoms with Crippen molar-refractivity contribution in [2.24, 2.45) is 0 Å². The molecule has 0 saturated carbocycles. The molecule has 180 valence electrons. The molecule has 2 aromatic rings. The van der Waals surface area contributed by atoms with Gasteiger partial charge < -0.3 is 18.9 Å². The quantitative estimate of drug-likeness (QED) is 0.487. The molecular weight excluding hydrogens is 428 g/mol. The number of benzene rings is 2. The van der Waals surface area contributed by atoms with Crippen LogP contribution in [-0.4, -0.2) is 31.2 Å². The molecule has 0 amide bonds. The van der Waals surface area contributed by atoms with Crippen molar-refractivity contribution in [1.82, 2.24) is 0 Å². The Balaban J connectivity index is 1.68. The first kappa shape index (κ1) is 23.9. The summed E-state index contributed by atoms with van der Waals surface area (Å²) in [6.45, 7) is 11.9. The molecule has 0 aromatic heterocycles. The molecule has 0 radical (unpaired) electrons. The number of hydrogen-bond donors (Lipinski definition) is 0. The number of carbonyl (C=O) groups excluding carboxylic acids is 1. The van der Waals surface area contributed by atoms with Gasteiger partial charge in [-0.1, -0.05) is 26.0 Å². The number of ether oxygens (including phenoxy) is 4. The maximum absolute atomic E-state index is 13.7. The highest BCUT2D eigenvalue weighted by Crippen LogP contribution is 2.43. The van der Waals surface area contributed by atoms with Gasteiger partial charge in [-0.05, 0) is 52.0 Å². The Labute approximate surface area is 202 Å². The van der Waals surface area contributed by atoms with Crippen molar-refractivity contribution in [3.05, 3.63) is 58.7 Å². The van der Waals surface area contributed by atoms with Crippen molar-refractivity contribution in [1.29, 1.82) is 0 Å². The number of methoxy groups -OCH3 is 2. The minimum atomic E-state index is -0.384. The minimum Gasteiger partial charge on any atom is -0.496 e. The van der Waals surface area contributed by atoms with Crippen LogP contribution in [0.25, 0.3) is 12.2 Å². The number of hydrogen-bond acceptors (Lipinski definition) is 5. The number of ketones is 1. The molecule has 5 heteroatoms. The van der Waals surface area contributed by atoms with Crippen molar-refractivity contribution in [2.75, 3.05) is 14.2 Å². The topological polar surface area (TPSA) is 54.0 Å². The fourth-order valence-corrected chi connectivity index (χ4v) is 4.56. The van der Waals surface area contributed by atoms with E-state index in [1.165, 1.54) is 0 Å². The monoisotopic (exact) mass is 462 g/mol. The lowest BCUT2D eigenvalue weighted by Crippen LogP contribution is -2.28. The van der Waals surface area contributed by atoms with E-state index in [4.69, 9.17) is 18.9 Å². The van der Waals surface area contributed by atoms with E-state index < -0.39 is 0 Å². The summed E-state index contributed by atoms with van der Waals surface area (Å²) in [5.41, 5.74) is 2.80. The minimum absolute atomic E-state index is 0.0820. The van der Waals surface area contributed by atoms with Gasteiger partial charge in [-0.2, -0.15) is 0 Å². The third kappa shape index (κ3) is 4.44. The standard InChI is InChI=1S/C29H34O5/c1-17(21-13-19-9-11-28(3,4)33-23(19)15-25(21)31-7)27(30)18(2)22-14-20-10-12-29(5,6)34-24(20)16-26(22)32-8/h9-18H,1-8H3/t17-,18-/m1/s1. The third-order valence-corrected chi connectivity index (χ3v) is 6.59. The van der Waals surface area contributed by atoms with Crippen molar-refractivity contribution in [3.8, 4) is 23.0 Å². The molecule has 2 aliphatic heterocycles. The molecule has 2 aliphatic rings. The van der Waals surface area contributed by atoms with E-state index >= 15 is 0 Å². The zero-order chi connectivity index (χ0) is 24.8. The van der Waals surface area contributed by atoms with Crippen LogP contribution in [0.5, 0.6) is 23.0 Å². The molecule has 34 heavy (non-hydrogen) atoms. The molecule has 0 saturated heterocycles. The number of carbonyl (C=O) groups is 1. The summed E-state index contributed by atoms with van der Waals surface area (Å²) in [7, 11) is 3.24. The van der Waals surface area contributed by atoms with Crippen molar-refractivity contribution >= 4 is 17.9 Å². The number of Topliss-reactive ketones (excluding diaryl/α,β-unsaturated/α-hetero) is 1. The molecule has 4 rings (SSSR count). The van der Waals surface area contributed by atoms with Crippen LogP contribution in [0.1, 0.15) is 75.6 Å². The van der Waals surface area contributed by atoms with E-state index in [0.717, 1.165) is 33.8 Å². The van der Waals surface area contributed by atoms with E-state index in [2.05, 4.69) is 0 Å². The summed E-state index contributed by atoms with van der Waals surface area (Å²) in [5.74, 6) is 2.12. The summed E-state index contributed by atoms with van der Waals surface area (Å²) < 4.78 is 23.5. The van der Waals surface area contributed by atoms with Crippen LogP contribution >= 0.6 is 0 Å². The van der Waals surface area contributed by atoms with Crippen LogP contribution in [0.4, 0.5) is 0 Å². The van der Waals surface area contributed by atoms with Gasteiger partial charge in [-0.3, -0.25) is 4.79 Å². The molecular formula is C29H34O5. The Bertz CT molecular complexity index is 1090. The zero-order valence-corrected chi connectivity index (χ0v) is 21.3.